The van der Waals surface area contributed by atoms with E-state index in [-0.39, 0.29) is 0 Å². The van der Waals surface area contributed by atoms with Crippen LogP contribution in [0.4, 0.5) is 0 Å². The number of benzene rings is 2. The van der Waals surface area contributed by atoms with Gasteiger partial charge < -0.3 is 9.42 Å². The molecule has 19 heavy (non-hydrogen) atoms. The van der Waals surface area contributed by atoms with E-state index in [2.05, 4.69) is 6.58 Å². The minimum Gasteiger partial charge on any atom is -0.421 e. The Hall–Kier alpha value is -1.83. The Kier molecular flexibility index (Phi) is 2.81. The first kappa shape index (κ1) is 12.2. The summed E-state index contributed by atoms with van der Waals surface area (Å²) in [4.78, 5) is 9.96. The fourth-order valence-electron chi connectivity index (χ4n) is 2.29. The molecule has 3 nitrogen and oxygen atoms in total. The SMILES string of the molecule is C=CCc1ccc2c(c1)-c1ccccc1P(=O)(O)O2. The second kappa shape index (κ2) is 4.37. The van der Waals surface area contributed by atoms with Gasteiger partial charge in [0.05, 0.1) is 5.30 Å². The second-order valence-corrected chi connectivity index (χ2v) is 6.16. The van der Waals surface area contributed by atoms with Gasteiger partial charge in [0.2, 0.25) is 0 Å². The molecule has 1 N–H and O–H groups in total. The van der Waals surface area contributed by atoms with Crippen LogP contribution in [-0.2, 0) is 11.0 Å². The van der Waals surface area contributed by atoms with E-state index >= 15 is 0 Å². The highest BCUT2D eigenvalue weighted by atomic mass is 31.2. The first-order valence-electron chi connectivity index (χ1n) is 5.98. The molecule has 1 aliphatic heterocycles. The third-order valence-electron chi connectivity index (χ3n) is 3.14. The molecule has 1 aliphatic rings. The Morgan fingerprint density at radius 2 is 2.00 bits per heavy atom. The smallest absolute Gasteiger partial charge is 0.408 e. The second-order valence-electron chi connectivity index (χ2n) is 4.45. The molecule has 0 radical (unpaired) electrons. The molecule has 0 aromatic heterocycles. The highest BCUT2D eigenvalue weighted by molar-refractivity contribution is 7.62. The third kappa shape index (κ3) is 2.01. The molecule has 1 atom stereocenters. The summed E-state index contributed by atoms with van der Waals surface area (Å²) < 4.78 is 17.4. The number of allylic oxidation sites excluding steroid dienone is 1. The number of hydrogen-bond acceptors (Lipinski definition) is 2. The zero-order valence-electron chi connectivity index (χ0n) is 10.2. The Morgan fingerprint density at radius 1 is 1.21 bits per heavy atom. The van der Waals surface area contributed by atoms with Crippen LogP contribution in [0.3, 0.4) is 0 Å². The highest BCUT2D eigenvalue weighted by Gasteiger charge is 2.34. The van der Waals surface area contributed by atoms with E-state index in [9.17, 15) is 9.46 Å². The van der Waals surface area contributed by atoms with E-state index < -0.39 is 7.60 Å². The molecule has 1 heterocycles. The lowest BCUT2D eigenvalue weighted by molar-refractivity contribution is 0.392. The van der Waals surface area contributed by atoms with Gasteiger partial charge in [-0.1, -0.05) is 30.3 Å². The quantitative estimate of drug-likeness (QED) is 0.674. The largest absolute Gasteiger partial charge is 0.421 e. The first-order chi connectivity index (χ1) is 9.12. The molecule has 1 unspecified atom stereocenters. The summed E-state index contributed by atoms with van der Waals surface area (Å²) in [7, 11) is -3.76. The molecule has 0 saturated carbocycles. The van der Waals surface area contributed by atoms with Gasteiger partial charge in [-0.25, -0.2) is 4.57 Å². The van der Waals surface area contributed by atoms with E-state index in [4.69, 9.17) is 4.52 Å². The fourth-order valence-corrected chi connectivity index (χ4v) is 3.59. The number of fused-ring (bicyclic) bond motifs is 3. The average molecular weight is 272 g/mol. The van der Waals surface area contributed by atoms with Crippen molar-refractivity contribution in [2.75, 3.05) is 0 Å². The summed E-state index contributed by atoms with van der Waals surface area (Å²) in [5.74, 6) is 0.456. The maximum atomic E-state index is 12.1. The molecule has 3 rings (SSSR count). The lowest BCUT2D eigenvalue weighted by Gasteiger charge is -2.24. The zero-order chi connectivity index (χ0) is 13.5. The average Bonchev–Trinajstić information content (AvgIpc) is 2.40. The van der Waals surface area contributed by atoms with Gasteiger partial charge in [0, 0.05) is 11.1 Å². The molecule has 0 amide bonds. The number of hydrogen-bond donors (Lipinski definition) is 1. The maximum Gasteiger partial charge on any atom is 0.408 e. The monoisotopic (exact) mass is 272 g/mol. The lowest BCUT2D eigenvalue weighted by atomic mass is 10.0. The van der Waals surface area contributed by atoms with E-state index in [1.54, 1.807) is 18.2 Å². The van der Waals surface area contributed by atoms with Crippen LogP contribution in [0.2, 0.25) is 0 Å². The van der Waals surface area contributed by atoms with E-state index in [0.29, 0.717) is 11.1 Å². The van der Waals surface area contributed by atoms with Crippen molar-refractivity contribution in [2.24, 2.45) is 0 Å². The minimum absolute atomic E-state index is 0.359. The van der Waals surface area contributed by atoms with Gasteiger partial charge >= 0.3 is 7.60 Å². The molecular formula is C15H13O3P. The normalized spacial score (nSPS) is 20.1. The van der Waals surface area contributed by atoms with Crippen molar-refractivity contribution in [2.45, 2.75) is 6.42 Å². The van der Waals surface area contributed by atoms with Crippen LogP contribution in [0.5, 0.6) is 5.75 Å². The molecular weight excluding hydrogens is 259 g/mol. The Labute approximate surface area is 111 Å². The van der Waals surface area contributed by atoms with Crippen molar-refractivity contribution in [1.82, 2.24) is 0 Å². The van der Waals surface area contributed by atoms with Crippen molar-refractivity contribution in [3.63, 3.8) is 0 Å². The summed E-state index contributed by atoms with van der Waals surface area (Å²) in [5, 5.41) is 0.359. The molecule has 0 saturated heterocycles. The van der Waals surface area contributed by atoms with Crippen molar-refractivity contribution < 1.29 is 14.0 Å². The Bertz CT molecular complexity index is 706. The van der Waals surface area contributed by atoms with Crippen molar-refractivity contribution in [3.8, 4) is 16.9 Å². The summed E-state index contributed by atoms with van der Waals surface area (Å²) >= 11 is 0. The highest BCUT2D eigenvalue weighted by Crippen LogP contribution is 2.51. The van der Waals surface area contributed by atoms with Crippen molar-refractivity contribution >= 4 is 12.9 Å². The van der Waals surface area contributed by atoms with Crippen LogP contribution in [0.15, 0.2) is 55.1 Å². The van der Waals surface area contributed by atoms with Crippen LogP contribution < -0.4 is 9.83 Å². The van der Waals surface area contributed by atoms with Gasteiger partial charge in [-0.2, -0.15) is 0 Å². The predicted molar refractivity (Wildman–Crippen MR) is 75.9 cm³/mol. The molecule has 96 valence electrons. The molecule has 4 heteroatoms. The van der Waals surface area contributed by atoms with Crippen molar-refractivity contribution in [3.05, 3.63) is 60.7 Å². The van der Waals surface area contributed by atoms with Crippen LogP contribution in [0.25, 0.3) is 11.1 Å². The maximum absolute atomic E-state index is 12.1. The van der Waals surface area contributed by atoms with Gasteiger partial charge in [-0.15, -0.1) is 6.58 Å². The first-order valence-corrected chi connectivity index (χ1v) is 7.56. The van der Waals surface area contributed by atoms with E-state index in [1.807, 2.05) is 30.3 Å². The molecule has 2 aromatic carbocycles. The van der Waals surface area contributed by atoms with E-state index in [0.717, 1.165) is 23.1 Å². The van der Waals surface area contributed by atoms with Crippen LogP contribution in [-0.4, -0.2) is 4.89 Å². The summed E-state index contributed by atoms with van der Waals surface area (Å²) in [6, 6.07) is 12.7. The zero-order valence-corrected chi connectivity index (χ0v) is 11.1. The van der Waals surface area contributed by atoms with Gasteiger partial charge in [0.25, 0.3) is 0 Å². The van der Waals surface area contributed by atoms with Gasteiger partial charge in [-0.3, -0.25) is 0 Å². The predicted octanol–water partition coefficient (Wildman–Crippen LogP) is 3.29. The van der Waals surface area contributed by atoms with Gasteiger partial charge in [-0.05, 0) is 30.2 Å². The van der Waals surface area contributed by atoms with Gasteiger partial charge in [0.1, 0.15) is 5.75 Å². The third-order valence-corrected chi connectivity index (χ3v) is 4.59. The lowest BCUT2D eigenvalue weighted by Crippen LogP contribution is -2.17. The molecule has 0 bridgehead atoms. The number of rotatable bonds is 2. The van der Waals surface area contributed by atoms with Gasteiger partial charge in [0.15, 0.2) is 0 Å². The molecule has 0 aliphatic carbocycles. The van der Waals surface area contributed by atoms with E-state index in [1.165, 1.54) is 0 Å². The van der Waals surface area contributed by atoms with Crippen LogP contribution in [0.1, 0.15) is 5.56 Å². The fraction of sp³-hybridized carbons (Fsp3) is 0.0667. The Morgan fingerprint density at radius 3 is 2.79 bits per heavy atom. The van der Waals surface area contributed by atoms with Crippen LogP contribution >= 0.6 is 7.60 Å². The van der Waals surface area contributed by atoms with Crippen molar-refractivity contribution in [1.29, 1.82) is 0 Å². The molecule has 2 aromatic rings. The molecule has 0 spiro atoms. The standard InChI is InChI=1S/C15H13O3P/c1-2-5-11-8-9-14-13(10-11)12-6-3-4-7-15(12)19(16,17)18-14/h2-4,6-10H,1,5H2,(H,16,17). The van der Waals surface area contributed by atoms with Crippen LogP contribution in [0, 0.1) is 0 Å². The summed E-state index contributed by atoms with van der Waals surface area (Å²) in [6.45, 7) is 3.72. The molecule has 0 fully saturated rings. The summed E-state index contributed by atoms with van der Waals surface area (Å²) in [6.07, 6.45) is 2.58. The minimum atomic E-state index is -3.76. The summed E-state index contributed by atoms with van der Waals surface area (Å²) in [5.41, 5.74) is 2.72. The topological polar surface area (TPSA) is 46.5 Å². The Balaban J connectivity index is 2.24.